The SMILES string of the molecule is CC(=O)NCCCC[C@H](NC(=O)[C@H](COCc1ccccc1)NC(C)(C)C)C(=O)N[C@@H](Cc1c[nH]c2ccccc12)C(=O)N1CCC(c2ccccc2)CC1. The number of fused-ring (bicyclic) bond motifs is 1. The molecule has 1 fully saturated rings. The molecule has 55 heavy (non-hydrogen) atoms. The van der Waals surface area contributed by atoms with Gasteiger partial charge in [-0.15, -0.1) is 0 Å². The highest BCUT2D eigenvalue weighted by Crippen LogP contribution is 2.28. The zero-order chi connectivity index (χ0) is 39.2. The van der Waals surface area contributed by atoms with Crippen LogP contribution in [0.25, 0.3) is 10.9 Å². The van der Waals surface area contributed by atoms with E-state index >= 15 is 0 Å². The molecule has 2 heterocycles. The second kappa shape index (κ2) is 20.1. The summed E-state index contributed by atoms with van der Waals surface area (Å²) in [6.45, 7) is 9.45. The summed E-state index contributed by atoms with van der Waals surface area (Å²) in [7, 11) is 0. The van der Waals surface area contributed by atoms with Crippen molar-refractivity contribution in [3.63, 3.8) is 0 Å². The molecule has 0 unspecified atom stereocenters. The van der Waals surface area contributed by atoms with E-state index in [2.05, 4.69) is 38.4 Å². The van der Waals surface area contributed by atoms with Gasteiger partial charge in [0.1, 0.15) is 18.1 Å². The Morgan fingerprint density at radius 1 is 0.818 bits per heavy atom. The number of unbranched alkanes of at least 4 members (excludes halogenated alkanes) is 1. The number of amides is 4. The summed E-state index contributed by atoms with van der Waals surface area (Å²) in [6.07, 6.45) is 5.37. The van der Waals surface area contributed by atoms with E-state index in [1.165, 1.54) is 12.5 Å². The van der Waals surface area contributed by atoms with Crippen LogP contribution < -0.4 is 21.3 Å². The normalized spacial score (nSPS) is 15.2. The first-order chi connectivity index (χ1) is 26.5. The average molecular weight is 751 g/mol. The van der Waals surface area contributed by atoms with E-state index in [-0.39, 0.29) is 30.7 Å². The minimum atomic E-state index is -0.926. The van der Waals surface area contributed by atoms with E-state index in [0.717, 1.165) is 34.9 Å². The summed E-state index contributed by atoms with van der Waals surface area (Å²) >= 11 is 0. The number of para-hydroxylation sites is 1. The number of carbonyl (C=O) groups is 4. The molecule has 0 spiro atoms. The number of aromatic nitrogens is 1. The number of likely N-dealkylation sites (tertiary alicyclic amines) is 1. The summed E-state index contributed by atoms with van der Waals surface area (Å²) in [5.41, 5.74) is 3.73. The summed E-state index contributed by atoms with van der Waals surface area (Å²) in [5, 5.41) is 13.3. The lowest BCUT2D eigenvalue weighted by atomic mass is 9.89. The Bertz CT molecular complexity index is 1830. The standard InChI is InChI=1S/C44H58N6O5/c1-31(51)45-24-14-13-21-38(47-42(53)40(49-44(2,3)4)30-55-29-32-15-7-5-8-16-32)41(52)48-39(27-35-28-46-37-20-12-11-19-36(35)37)43(54)50-25-22-34(23-26-50)33-17-9-6-10-18-33/h5-12,15-20,28,34,38-40,46,49H,13-14,21-27,29-30H2,1-4H3,(H,45,51)(H,47,53)(H,48,52)/t38-,39-,40-/m0/s1. The maximum Gasteiger partial charge on any atom is 0.245 e. The number of piperidine rings is 1. The Balaban J connectivity index is 1.33. The molecule has 4 aromatic rings. The number of nitrogens with one attached hydrogen (secondary N) is 5. The van der Waals surface area contributed by atoms with Crippen molar-refractivity contribution in [2.75, 3.05) is 26.2 Å². The fourth-order valence-corrected chi connectivity index (χ4v) is 7.23. The first-order valence-electron chi connectivity index (χ1n) is 19.6. The fraction of sp³-hybridized carbons (Fsp3) is 0.455. The predicted molar refractivity (Wildman–Crippen MR) is 216 cm³/mol. The molecule has 1 aromatic heterocycles. The number of nitrogens with zero attached hydrogens (tertiary/aromatic N) is 1. The Hall–Kier alpha value is -5.00. The van der Waals surface area contributed by atoms with Crippen LogP contribution in [0.4, 0.5) is 0 Å². The van der Waals surface area contributed by atoms with Crippen LogP contribution in [-0.4, -0.2) is 83.4 Å². The van der Waals surface area contributed by atoms with Crippen LogP contribution in [0, 0.1) is 0 Å². The van der Waals surface area contributed by atoms with E-state index in [1.807, 2.05) is 105 Å². The number of aromatic amines is 1. The molecule has 5 N–H and O–H groups in total. The van der Waals surface area contributed by atoms with Crippen LogP contribution in [0.2, 0.25) is 0 Å². The Morgan fingerprint density at radius 2 is 1.45 bits per heavy atom. The number of carbonyl (C=O) groups excluding carboxylic acids is 4. The molecular formula is C44H58N6O5. The third-order valence-electron chi connectivity index (χ3n) is 10.0. The van der Waals surface area contributed by atoms with Crippen molar-refractivity contribution in [1.29, 1.82) is 0 Å². The largest absolute Gasteiger partial charge is 0.375 e. The molecule has 4 amide bonds. The summed E-state index contributed by atoms with van der Waals surface area (Å²) in [4.78, 5) is 59.4. The Kier molecular flexibility index (Phi) is 15.0. The lowest BCUT2D eigenvalue weighted by Crippen LogP contribution is -2.59. The average Bonchev–Trinajstić information content (AvgIpc) is 3.59. The lowest BCUT2D eigenvalue weighted by Gasteiger charge is -2.35. The smallest absolute Gasteiger partial charge is 0.245 e. The Morgan fingerprint density at radius 3 is 2.15 bits per heavy atom. The van der Waals surface area contributed by atoms with E-state index in [1.54, 1.807) is 0 Å². The minimum Gasteiger partial charge on any atom is -0.375 e. The number of H-pyrrole nitrogens is 1. The van der Waals surface area contributed by atoms with Crippen LogP contribution in [0.3, 0.4) is 0 Å². The molecule has 294 valence electrons. The highest BCUT2D eigenvalue weighted by Gasteiger charge is 2.34. The van der Waals surface area contributed by atoms with Gasteiger partial charge in [-0.2, -0.15) is 0 Å². The number of benzene rings is 3. The van der Waals surface area contributed by atoms with Gasteiger partial charge in [0.2, 0.25) is 23.6 Å². The maximum atomic E-state index is 14.4. The van der Waals surface area contributed by atoms with Crippen molar-refractivity contribution in [2.24, 2.45) is 0 Å². The van der Waals surface area contributed by atoms with Crippen LogP contribution in [0.1, 0.15) is 82.4 Å². The van der Waals surface area contributed by atoms with E-state index < -0.39 is 29.6 Å². The minimum absolute atomic E-state index is 0.0927. The van der Waals surface area contributed by atoms with Gasteiger partial charge in [0.05, 0.1) is 13.2 Å². The first kappa shape index (κ1) is 41.2. The van der Waals surface area contributed by atoms with E-state index in [4.69, 9.17) is 4.74 Å². The summed E-state index contributed by atoms with van der Waals surface area (Å²) < 4.78 is 6.00. The lowest BCUT2D eigenvalue weighted by molar-refractivity contribution is -0.138. The van der Waals surface area contributed by atoms with Gasteiger partial charge in [-0.25, -0.2) is 0 Å². The molecule has 0 bridgehead atoms. The molecule has 1 saturated heterocycles. The van der Waals surface area contributed by atoms with Crippen molar-refractivity contribution in [1.82, 2.24) is 31.2 Å². The molecule has 5 rings (SSSR count). The molecule has 11 heteroatoms. The second-order valence-electron chi connectivity index (χ2n) is 15.6. The van der Waals surface area contributed by atoms with Crippen LogP contribution >= 0.6 is 0 Å². The number of ether oxygens (including phenoxy) is 1. The summed E-state index contributed by atoms with van der Waals surface area (Å²) in [6, 6.07) is 25.5. The van der Waals surface area contributed by atoms with E-state index in [9.17, 15) is 19.2 Å². The van der Waals surface area contributed by atoms with E-state index in [0.29, 0.717) is 51.4 Å². The second-order valence-corrected chi connectivity index (χ2v) is 15.6. The van der Waals surface area contributed by atoms with Gasteiger partial charge in [-0.1, -0.05) is 78.9 Å². The molecule has 0 saturated carbocycles. The maximum absolute atomic E-state index is 14.4. The monoisotopic (exact) mass is 750 g/mol. The van der Waals surface area contributed by atoms with Gasteiger partial charge in [0.25, 0.3) is 0 Å². The third kappa shape index (κ3) is 12.8. The van der Waals surface area contributed by atoms with Gasteiger partial charge in [0.15, 0.2) is 0 Å². The molecule has 1 aliphatic heterocycles. The van der Waals surface area contributed by atoms with Gasteiger partial charge in [-0.3, -0.25) is 24.5 Å². The molecular weight excluding hydrogens is 693 g/mol. The zero-order valence-electron chi connectivity index (χ0n) is 32.7. The molecule has 3 aromatic carbocycles. The quantitative estimate of drug-likeness (QED) is 0.0867. The van der Waals surface area contributed by atoms with Crippen molar-refractivity contribution in [2.45, 2.75) is 102 Å². The van der Waals surface area contributed by atoms with Crippen molar-refractivity contribution in [3.8, 4) is 0 Å². The predicted octanol–water partition coefficient (Wildman–Crippen LogP) is 5.37. The van der Waals surface area contributed by atoms with Crippen LogP contribution in [0.5, 0.6) is 0 Å². The molecule has 11 nitrogen and oxygen atoms in total. The zero-order valence-corrected chi connectivity index (χ0v) is 32.7. The Labute approximate surface area is 325 Å². The van der Waals surface area contributed by atoms with Gasteiger partial charge in [0, 0.05) is 55.6 Å². The first-order valence-corrected chi connectivity index (χ1v) is 19.6. The highest BCUT2D eigenvalue weighted by atomic mass is 16.5. The fourth-order valence-electron chi connectivity index (χ4n) is 7.23. The molecule has 0 aliphatic carbocycles. The van der Waals surface area contributed by atoms with Crippen molar-refractivity contribution in [3.05, 3.63) is 108 Å². The van der Waals surface area contributed by atoms with Crippen molar-refractivity contribution >= 4 is 34.5 Å². The highest BCUT2D eigenvalue weighted by molar-refractivity contribution is 5.94. The number of rotatable bonds is 18. The van der Waals surface area contributed by atoms with Gasteiger partial charge in [-0.05, 0) is 81.5 Å². The topological polar surface area (TPSA) is 145 Å². The molecule has 1 aliphatic rings. The van der Waals surface area contributed by atoms with Crippen molar-refractivity contribution < 1.29 is 23.9 Å². The molecule has 0 radical (unpaired) electrons. The number of hydrogen-bond acceptors (Lipinski definition) is 6. The van der Waals surface area contributed by atoms with Gasteiger partial charge >= 0.3 is 0 Å². The molecule has 3 atom stereocenters. The van der Waals surface area contributed by atoms with Gasteiger partial charge < -0.3 is 30.6 Å². The summed E-state index contributed by atoms with van der Waals surface area (Å²) in [5.74, 6) is -0.684. The number of hydrogen-bond donors (Lipinski definition) is 5. The third-order valence-corrected chi connectivity index (χ3v) is 10.0. The van der Waals surface area contributed by atoms with Crippen LogP contribution in [0.15, 0.2) is 91.1 Å². The van der Waals surface area contributed by atoms with Crippen LogP contribution in [-0.2, 0) is 36.9 Å².